The van der Waals surface area contributed by atoms with Crippen LogP contribution >= 0.6 is 15.9 Å². The fourth-order valence-electron chi connectivity index (χ4n) is 2.28. The summed E-state index contributed by atoms with van der Waals surface area (Å²) in [5.41, 5.74) is 4.92. The predicted octanol–water partition coefficient (Wildman–Crippen LogP) is 4.76. The summed E-state index contributed by atoms with van der Waals surface area (Å²) in [4.78, 5) is 12.1. The van der Waals surface area contributed by atoms with E-state index in [9.17, 15) is 4.79 Å². The van der Waals surface area contributed by atoms with E-state index in [0.717, 1.165) is 21.1 Å². The van der Waals surface area contributed by atoms with E-state index in [4.69, 9.17) is 0 Å². The Balaban J connectivity index is 1.78. The zero-order valence-corrected chi connectivity index (χ0v) is 14.2. The molecule has 0 saturated carbocycles. The fraction of sp³-hybridized carbons (Fsp3) is 0.0526. The number of fused-ring (bicyclic) bond motifs is 1. The first-order valence-corrected chi connectivity index (χ1v) is 8.02. The molecule has 0 aliphatic heterocycles. The van der Waals surface area contributed by atoms with E-state index >= 15 is 0 Å². The van der Waals surface area contributed by atoms with Gasteiger partial charge >= 0.3 is 0 Å². The van der Waals surface area contributed by atoms with Crippen LogP contribution in [0.4, 0.5) is 0 Å². The van der Waals surface area contributed by atoms with E-state index in [1.54, 1.807) is 12.1 Å². The molecule has 0 unspecified atom stereocenters. The lowest BCUT2D eigenvalue weighted by atomic mass is 10.0. The molecular weight excluding hydrogens is 352 g/mol. The minimum absolute atomic E-state index is 0.224. The summed E-state index contributed by atoms with van der Waals surface area (Å²) in [6, 6.07) is 21.4. The highest BCUT2D eigenvalue weighted by Gasteiger charge is 2.05. The molecule has 3 rings (SSSR count). The number of nitrogens with zero attached hydrogens (tertiary/aromatic N) is 1. The van der Waals surface area contributed by atoms with Crippen molar-refractivity contribution in [2.45, 2.75) is 6.92 Å². The Kier molecular flexibility index (Phi) is 4.53. The van der Waals surface area contributed by atoms with Crippen LogP contribution in [0.1, 0.15) is 22.8 Å². The smallest absolute Gasteiger partial charge is 0.267 e. The Morgan fingerprint density at radius 2 is 1.57 bits per heavy atom. The minimum Gasteiger partial charge on any atom is -0.267 e. The van der Waals surface area contributed by atoms with Crippen molar-refractivity contribution in [2.75, 3.05) is 0 Å². The third-order valence-electron chi connectivity index (χ3n) is 3.60. The van der Waals surface area contributed by atoms with Crippen molar-refractivity contribution in [2.24, 2.45) is 5.10 Å². The van der Waals surface area contributed by atoms with Crippen LogP contribution in [0.2, 0.25) is 0 Å². The van der Waals surface area contributed by atoms with Gasteiger partial charge in [0.2, 0.25) is 0 Å². The molecule has 3 aromatic carbocycles. The van der Waals surface area contributed by atoms with E-state index in [-0.39, 0.29) is 5.91 Å². The number of carbonyl (C=O) groups excluding carboxylic acids is 1. The van der Waals surface area contributed by atoms with E-state index in [1.165, 1.54) is 5.39 Å². The van der Waals surface area contributed by atoms with Crippen LogP contribution in [-0.2, 0) is 0 Å². The van der Waals surface area contributed by atoms with E-state index in [0.29, 0.717) is 5.56 Å². The van der Waals surface area contributed by atoms with Crippen molar-refractivity contribution in [1.29, 1.82) is 0 Å². The SMILES string of the molecule is C/C(=N\NC(=O)c1ccc(Br)cc1)c1ccc2ccccc2c1. The quantitative estimate of drug-likeness (QED) is 0.527. The van der Waals surface area contributed by atoms with Crippen molar-refractivity contribution in [3.8, 4) is 0 Å². The molecule has 0 aromatic heterocycles. The van der Waals surface area contributed by atoms with Crippen LogP contribution < -0.4 is 5.43 Å². The summed E-state index contributed by atoms with van der Waals surface area (Å²) < 4.78 is 0.935. The lowest BCUT2D eigenvalue weighted by Gasteiger charge is -2.05. The Morgan fingerprint density at radius 3 is 2.30 bits per heavy atom. The summed E-state index contributed by atoms with van der Waals surface area (Å²) in [6.07, 6.45) is 0. The maximum absolute atomic E-state index is 12.1. The van der Waals surface area contributed by atoms with Gasteiger partial charge in [0, 0.05) is 10.0 Å². The molecule has 23 heavy (non-hydrogen) atoms. The Bertz CT molecular complexity index is 885. The number of hydrazone groups is 1. The highest BCUT2D eigenvalue weighted by atomic mass is 79.9. The summed E-state index contributed by atoms with van der Waals surface area (Å²) in [5.74, 6) is -0.224. The van der Waals surface area contributed by atoms with Gasteiger partial charge in [-0.2, -0.15) is 5.10 Å². The van der Waals surface area contributed by atoms with Gasteiger partial charge in [-0.25, -0.2) is 5.43 Å². The summed E-state index contributed by atoms with van der Waals surface area (Å²) in [7, 11) is 0. The van der Waals surface area contributed by atoms with Crippen LogP contribution in [0.5, 0.6) is 0 Å². The molecule has 0 radical (unpaired) electrons. The van der Waals surface area contributed by atoms with Crippen LogP contribution in [-0.4, -0.2) is 11.6 Å². The van der Waals surface area contributed by atoms with Gasteiger partial charge < -0.3 is 0 Å². The Hall–Kier alpha value is -2.46. The summed E-state index contributed by atoms with van der Waals surface area (Å²) in [5, 5.41) is 6.54. The number of hydrogen-bond donors (Lipinski definition) is 1. The van der Waals surface area contributed by atoms with E-state index in [2.05, 4.69) is 50.7 Å². The second kappa shape index (κ2) is 6.75. The highest BCUT2D eigenvalue weighted by molar-refractivity contribution is 9.10. The number of rotatable bonds is 3. The molecule has 0 saturated heterocycles. The molecule has 0 heterocycles. The second-order valence-electron chi connectivity index (χ2n) is 5.21. The van der Waals surface area contributed by atoms with Crippen molar-refractivity contribution in [3.63, 3.8) is 0 Å². The molecule has 0 atom stereocenters. The molecule has 3 nitrogen and oxygen atoms in total. The number of hydrogen-bond acceptors (Lipinski definition) is 2. The molecule has 0 bridgehead atoms. The predicted molar refractivity (Wildman–Crippen MR) is 97.8 cm³/mol. The summed E-state index contributed by atoms with van der Waals surface area (Å²) >= 11 is 3.35. The van der Waals surface area contributed by atoms with Crippen molar-refractivity contribution >= 4 is 38.3 Å². The monoisotopic (exact) mass is 366 g/mol. The lowest BCUT2D eigenvalue weighted by Crippen LogP contribution is -2.19. The molecule has 0 aliphatic rings. The first-order chi connectivity index (χ1) is 11.1. The maximum atomic E-state index is 12.1. The Labute approximate surface area is 143 Å². The van der Waals surface area contributed by atoms with Crippen LogP contribution in [0, 0.1) is 0 Å². The van der Waals surface area contributed by atoms with Gasteiger partial charge in [-0.3, -0.25) is 4.79 Å². The zero-order valence-electron chi connectivity index (χ0n) is 12.6. The van der Waals surface area contributed by atoms with E-state index in [1.807, 2.05) is 37.3 Å². The third-order valence-corrected chi connectivity index (χ3v) is 4.13. The first-order valence-electron chi connectivity index (χ1n) is 7.23. The Morgan fingerprint density at radius 1 is 0.913 bits per heavy atom. The van der Waals surface area contributed by atoms with Crippen molar-refractivity contribution in [1.82, 2.24) is 5.43 Å². The average Bonchev–Trinajstić information content (AvgIpc) is 2.59. The van der Waals surface area contributed by atoms with Gasteiger partial charge in [0.05, 0.1) is 5.71 Å². The molecule has 3 aromatic rings. The van der Waals surface area contributed by atoms with Crippen LogP contribution in [0.3, 0.4) is 0 Å². The largest absolute Gasteiger partial charge is 0.271 e. The van der Waals surface area contributed by atoms with Gasteiger partial charge in [0.25, 0.3) is 5.91 Å². The lowest BCUT2D eigenvalue weighted by molar-refractivity contribution is 0.0955. The van der Waals surface area contributed by atoms with Gasteiger partial charge in [-0.1, -0.05) is 52.3 Å². The molecule has 0 aliphatic carbocycles. The van der Waals surface area contributed by atoms with Gasteiger partial charge in [0.1, 0.15) is 0 Å². The molecule has 1 N–H and O–H groups in total. The van der Waals surface area contributed by atoms with E-state index < -0.39 is 0 Å². The standard InChI is InChI=1S/C19H15BrN2O/c1-13(16-7-6-14-4-2-3-5-17(14)12-16)21-22-19(23)15-8-10-18(20)11-9-15/h2-12H,1H3,(H,22,23)/b21-13+. The van der Waals surface area contributed by atoms with Gasteiger partial charge in [-0.15, -0.1) is 0 Å². The molecule has 0 fully saturated rings. The maximum Gasteiger partial charge on any atom is 0.271 e. The molecular formula is C19H15BrN2O. The molecule has 0 spiro atoms. The molecule has 114 valence electrons. The van der Waals surface area contributed by atoms with Crippen molar-refractivity contribution in [3.05, 3.63) is 82.3 Å². The summed E-state index contributed by atoms with van der Waals surface area (Å²) in [6.45, 7) is 1.88. The fourth-order valence-corrected chi connectivity index (χ4v) is 2.54. The van der Waals surface area contributed by atoms with Gasteiger partial charge in [0.15, 0.2) is 0 Å². The zero-order chi connectivity index (χ0) is 16.2. The number of benzene rings is 3. The number of halogens is 1. The van der Waals surface area contributed by atoms with Crippen molar-refractivity contribution < 1.29 is 4.79 Å². The minimum atomic E-state index is -0.224. The number of nitrogens with one attached hydrogen (secondary N) is 1. The second-order valence-corrected chi connectivity index (χ2v) is 6.12. The third kappa shape index (κ3) is 3.66. The number of amides is 1. The molecule has 1 amide bonds. The van der Waals surface area contributed by atoms with Gasteiger partial charge in [-0.05, 0) is 53.6 Å². The first kappa shape index (κ1) is 15.4. The van der Waals surface area contributed by atoms with Crippen LogP contribution in [0.25, 0.3) is 10.8 Å². The normalized spacial score (nSPS) is 11.5. The molecule has 4 heteroatoms. The topological polar surface area (TPSA) is 41.5 Å². The van der Waals surface area contributed by atoms with Crippen LogP contribution in [0.15, 0.2) is 76.3 Å². The average molecular weight is 367 g/mol. The number of carbonyl (C=O) groups is 1. The highest BCUT2D eigenvalue weighted by Crippen LogP contribution is 2.16.